The number of hydrogen-bond donors (Lipinski definition) is 0. The van der Waals surface area contributed by atoms with E-state index >= 15 is 0 Å². The third-order valence-corrected chi connectivity index (χ3v) is 2.64. The van der Waals surface area contributed by atoms with Crippen molar-refractivity contribution in [3.05, 3.63) is 29.1 Å². The first-order valence-corrected chi connectivity index (χ1v) is 5.61. The summed E-state index contributed by atoms with van der Waals surface area (Å²) < 4.78 is 26.7. The Labute approximate surface area is 95.9 Å². The Kier molecular flexibility index (Phi) is 3.66. The van der Waals surface area contributed by atoms with Gasteiger partial charge in [0.15, 0.2) is 0 Å². The Morgan fingerprint density at radius 2 is 1.69 bits per heavy atom. The van der Waals surface area contributed by atoms with Gasteiger partial charge >= 0.3 is 0 Å². The van der Waals surface area contributed by atoms with Crippen LogP contribution >= 0.6 is 0 Å². The van der Waals surface area contributed by atoms with Crippen LogP contribution in [0.1, 0.15) is 63.3 Å². The van der Waals surface area contributed by atoms with Crippen LogP contribution in [0.15, 0.2) is 12.3 Å². The summed E-state index contributed by atoms with van der Waals surface area (Å²) >= 11 is 0. The lowest BCUT2D eigenvalue weighted by molar-refractivity contribution is 0.0159. The second-order valence-corrected chi connectivity index (χ2v) is 4.89. The molecule has 3 heteroatoms. The van der Waals surface area contributed by atoms with E-state index in [-0.39, 0.29) is 17.4 Å². The molecular formula is C13H19F2N. The van der Waals surface area contributed by atoms with Crippen molar-refractivity contribution >= 4 is 0 Å². The number of halogens is 2. The Morgan fingerprint density at radius 3 is 2.06 bits per heavy atom. The molecule has 0 amide bonds. The Morgan fingerprint density at radius 1 is 1.12 bits per heavy atom. The second-order valence-electron chi connectivity index (χ2n) is 4.89. The minimum atomic E-state index is -2.82. The number of alkyl halides is 2. The largest absolute Gasteiger partial charge is 0.272 e. The summed E-state index contributed by atoms with van der Waals surface area (Å²) in [7, 11) is 0. The molecule has 0 unspecified atom stereocenters. The maximum atomic E-state index is 13.4. The average Bonchev–Trinajstić information content (AvgIpc) is 2.15. The number of hydrogen-bond acceptors (Lipinski definition) is 1. The van der Waals surface area contributed by atoms with Crippen molar-refractivity contribution in [2.75, 3.05) is 0 Å². The van der Waals surface area contributed by atoms with E-state index in [2.05, 4.69) is 4.98 Å². The molecule has 0 saturated heterocycles. The smallest absolute Gasteiger partial charge is 0.261 e. The summed E-state index contributed by atoms with van der Waals surface area (Å²) in [6.45, 7) is 8.79. The molecule has 1 aromatic heterocycles. The maximum Gasteiger partial charge on any atom is 0.272 e. The number of rotatable bonds is 3. The molecule has 16 heavy (non-hydrogen) atoms. The van der Waals surface area contributed by atoms with Gasteiger partial charge in [-0.1, -0.05) is 27.7 Å². The van der Waals surface area contributed by atoms with Crippen LogP contribution in [0.25, 0.3) is 0 Å². The first-order valence-electron chi connectivity index (χ1n) is 5.61. The molecule has 0 aliphatic heterocycles. The fourth-order valence-electron chi connectivity index (χ4n) is 1.65. The van der Waals surface area contributed by atoms with E-state index in [4.69, 9.17) is 0 Å². The van der Waals surface area contributed by atoms with Gasteiger partial charge in [-0.25, -0.2) is 8.78 Å². The Hall–Kier alpha value is -0.990. The molecule has 0 atom stereocenters. The normalized spacial score (nSPS) is 12.6. The van der Waals surface area contributed by atoms with Crippen LogP contribution in [-0.4, -0.2) is 4.98 Å². The third-order valence-electron chi connectivity index (χ3n) is 2.64. The molecule has 90 valence electrons. The van der Waals surface area contributed by atoms with E-state index in [1.165, 1.54) is 6.20 Å². The van der Waals surface area contributed by atoms with Crippen LogP contribution < -0.4 is 0 Å². The standard InChI is InChI=1S/C13H19F2N/c1-8(2)10-6-12(9(3)4)16-7-11(10)13(5,14)15/h6-9H,1-5H3. The first kappa shape index (κ1) is 13.1. The highest BCUT2D eigenvalue weighted by Crippen LogP contribution is 2.34. The molecule has 1 heterocycles. The fraction of sp³-hybridized carbons (Fsp3) is 0.615. The Bertz CT molecular complexity index is 365. The number of aromatic nitrogens is 1. The van der Waals surface area contributed by atoms with E-state index in [1.807, 2.05) is 33.8 Å². The predicted octanol–water partition coefficient (Wildman–Crippen LogP) is 4.44. The zero-order chi connectivity index (χ0) is 12.5. The molecule has 0 bridgehead atoms. The highest BCUT2D eigenvalue weighted by molar-refractivity contribution is 5.33. The van der Waals surface area contributed by atoms with Gasteiger partial charge in [0.2, 0.25) is 0 Å². The SMILES string of the molecule is CC(C)c1cc(C(C)C)c(C(C)(F)F)cn1. The van der Waals surface area contributed by atoms with E-state index in [1.54, 1.807) is 0 Å². The molecule has 0 fully saturated rings. The summed E-state index contributed by atoms with van der Waals surface area (Å²) in [5.41, 5.74) is 1.62. The molecule has 0 aliphatic carbocycles. The van der Waals surface area contributed by atoms with Crippen molar-refractivity contribution in [1.82, 2.24) is 4.98 Å². The van der Waals surface area contributed by atoms with Gasteiger partial charge in [0.05, 0.1) is 0 Å². The molecule has 1 rings (SSSR count). The minimum Gasteiger partial charge on any atom is -0.261 e. The molecule has 0 spiro atoms. The van der Waals surface area contributed by atoms with E-state index in [0.717, 1.165) is 12.6 Å². The average molecular weight is 227 g/mol. The van der Waals surface area contributed by atoms with Gasteiger partial charge in [0, 0.05) is 24.4 Å². The minimum absolute atomic E-state index is 0.0481. The van der Waals surface area contributed by atoms with E-state index in [9.17, 15) is 8.78 Å². The highest BCUT2D eigenvalue weighted by Gasteiger charge is 2.29. The summed E-state index contributed by atoms with van der Waals surface area (Å²) in [5, 5.41) is 0. The molecule has 1 nitrogen and oxygen atoms in total. The molecule has 0 aliphatic rings. The van der Waals surface area contributed by atoms with Crippen molar-refractivity contribution in [2.24, 2.45) is 0 Å². The van der Waals surface area contributed by atoms with Gasteiger partial charge < -0.3 is 0 Å². The predicted molar refractivity (Wildman–Crippen MR) is 62.0 cm³/mol. The zero-order valence-electron chi connectivity index (χ0n) is 10.5. The number of nitrogens with zero attached hydrogens (tertiary/aromatic N) is 1. The van der Waals surface area contributed by atoms with Crippen molar-refractivity contribution in [2.45, 2.75) is 52.4 Å². The molecular weight excluding hydrogens is 208 g/mol. The fourth-order valence-corrected chi connectivity index (χ4v) is 1.65. The van der Waals surface area contributed by atoms with E-state index in [0.29, 0.717) is 5.56 Å². The Balaban J connectivity index is 3.31. The first-order chi connectivity index (χ1) is 7.23. The zero-order valence-corrected chi connectivity index (χ0v) is 10.5. The summed E-state index contributed by atoms with van der Waals surface area (Å²) in [6, 6.07) is 1.81. The second kappa shape index (κ2) is 4.48. The van der Waals surface area contributed by atoms with Crippen molar-refractivity contribution in [3.63, 3.8) is 0 Å². The summed E-state index contributed by atoms with van der Waals surface area (Å²) in [5.74, 6) is -2.47. The van der Waals surface area contributed by atoms with Crippen molar-refractivity contribution in [3.8, 4) is 0 Å². The maximum absolute atomic E-state index is 13.4. The number of pyridine rings is 1. The summed E-state index contributed by atoms with van der Waals surface area (Å²) in [4.78, 5) is 4.11. The van der Waals surface area contributed by atoms with Gasteiger partial charge in [-0.05, 0) is 23.5 Å². The molecule has 0 saturated carbocycles. The summed E-state index contributed by atoms with van der Waals surface area (Å²) in [6.07, 6.45) is 1.32. The third kappa shape index (κ3) is 2.77. The van der Waals surface area contributed by atoms with Gasteiger partial charge in [-0.3, -0.25) is 4.98 Å². The van der Waals surface area contributed by atoms with Crippen LogP contribution in [0.5, 0.6) is 0 Å². The van der Waals surface area contributed by atoms with Crippen LogP contribution in [0.4, 0.5) is 8.78 Å². The highest BCUT2D eigenvalue weighted by atomic mass is 19.3. The van der Waals surface area contributed by atoms with Crippen LogP contribution in [0.3, 0.4) is 0 Å². The lowest BCUT2D eigenvalue weighted by Crippen LogP contribution is -2.13. The quantitative estimate of drug-likeness (QED) is 0.743. The molecule has 1 aromatic rings. The lowest BCUT2D eigenvalue weighted by Gasteiger charge is -2.19. The van der Waals surface area contributed by atoms with Gasteiger partial charge in [-0.2, -0.15) is 0 Å². The molecule has 0 N–H and O–H groups in total. The van der Waals surface area contributed by atoms with Gasteiger partial charge in [-0.15, -0.1) is 0 Å². The van der Waals surface area contributed by atoms with Crippen LogP contribution in [0.2, 0.25) is 0 Å². The topological polar surface area (TPSA) is 12.9 Å². The molecule has 0 radical (unpaired) electrons. The lowest BCUT2D eigenvalue weighted by atomic mass is 9.93. The van der Waals surface area contributed by atoms with Crippen molar-refractivity contribution in [1.29, 1.82) is 0 Å². The molecule has 0 aromatic carbocycles. The monoisotopic (exact) mass is 227 g/mol. The van der Waals surface area contributed by atoms with E-state index < -0.39 is 5.92 Å². The van der Waals surface area contributed by atoms with Crippen LogP contribution in [-0.2, 0) is 5.92 Å². The van der Waals surface area contributed by atoms with Crippen LogP contribution in [0, 0.1) is 0 Å². The van der Waals surface area contributed by atoms with Gasteiger partial charge in [0.25, 0.3) is 5.92 Å². The van der Waals surface area contributed by atoms with Crippen molar-refractivity contribution < 1.29 is 8.78 Å². The van der Waals surface area contributed by atoms with Gasteiger partial charge in [0.1, 0.15) is 0 Å².